The topological polar surface area (TPSA) is 56.2 Å². The molecule has 3 nitrogen and oxygen atoms in total. The molecule has 0 radical (unpaired) electrons. The van der Waals surface area contributed by atoms with Crippen LogP contribution in [0.2, 0.25) is 0 Å². The molecule has 0 aliphatic heterocycles. The highest BCUT2D eigenvalue weighted by Crippen LogP contribution is 2.12. The molecule has 0 atom stereocenters. The van der Waals surface area contributed by atoms with E-state index in [4.69, 9.17) is 10.2 Å². The zero-order valence-electron chi connectivity index (χ0n) is 9.15. The second-order valence-corrected chi connectivity index (χ2v) is 3.70. The minimum atomic E-state index is -0.350. The van der Waals surface area contributed by atoms with Crippen molar-refractivity contribution in [2.45, 2.75) is 13.0 Å². The molecule has 2 N–H and O–H groups in total. The molecular formula is C13H12FNO2. The van der Waals surface area contributed by atoms with Crippen molar-refractivity contribution < 1.29 is 13.6 Å². The lowest BCUT2D eigenvalue weighted by Crippen LogP contribution is -2.02. The van der Waals surface area contributed by atoms with Crippen LogP contribution in [0.3, 0.4) is 0 Å². The lowest BCUT2D eigenvalue weighted by atomic mass is 10.1. The monoisotopic (exact) mass is 233 g/mol. The van der Waals surface area contributed by atoms with Crippen LogP contribution in [-0.2, 0) is 13.0 Å². The number of ketones is 1. The summed E-state index contributed by atoms with van der Waals surface area (Å²) in [6.45, 7) is 0.257. The first-order valence-electron chi connectivity index (χ1n) is 5.25. The van der Waals surface area contributed by atoms with Gasteiger partial charge in [-0.25, -0.2) is 4.39 Å². The molecule has 17 heavy (non-hydrogen) atoms. The summed E-state index contributed by atoms with van der Waals surface area (Å²) in [6, 6.07) is 9.21. The summed E-state index contributed by atoms with van der Waals surface area (Å²) in [5.41, 5.74) is 6.01. The first kappa shape index (κ1) is 11.5. The number of hydrogen-bond acceptors (Lipinski definition) is 3. The lowest BCUT2D eigenvalue weighted by molar-refractivity contribution is 0.0964. The van der Waals surface area contributed by atoms with E-state index >= 15 is 0 Å². The minimum absolute atomic E-state index is 0.120. The van der Waals surface area contributed by atoms with Gasteiger partial charge in [0, 0.05) is 6.42 Å². The molecule has 0 amide bonds. The van der Waals surface area contributed by atoms with Crippen LogP contribution in [0, 0.1) is 5.82 Å². The molecule has 1 aromatic carbocycles. The summed E-state index contributed by atoms with van der Waals surface area (Å²) >= 11 is 0. The van der Waals surface area contributed by atoms with Crippen LogP contribution in [0.4, 0.5) is 4.39 Å². The molecule has 0 saturated heterocycles. The molecule has 1 heterocycles. The largest absolute Gasteiger partial charge is 0.457 e. The van der Waals surface area contributed by atoms with Crippen LogP contribution in [0.5, 0.6) is 0 Å². The Balaban J connectivity index is 2.11. The normalized spacial score (nSPS) is 10.5. The first-order chi connectivity index (χ1) is 8.19. The number of carbonyl (C=O) groups excluding carboxylic acids is 1. The summed E-state index contributed by atoms with van der Waals surface area (Å²) < 4.78 is 18.2. The van der Waals surface area contributed by atoms with Crippen LogP contribution < -0.4 is 5.73 Å². The summed E-state index contributed by atoms with van der Waals surface area (Å²) in [4.78, 5) is 11.8. The van der Waals surface area contributed by atoms with E-state index in [1.54, 1.807) is 24.3 Å². The Morgan fingerprint density at radius 3 is 2.76 bits per heavy atom. The van der Waals surface area contributed by atoms with E-state index in [9.17, 15) is 9.18 Å². The summed E-state index contributed by atoms with van der Waals surface area (Å²) in [5, 5.41) is 0. The van der Waals surface area contributed by atoms with Crippen LogP contribution in [0.1, 0.15) is 21.9 Å². The predicted octanol–water partition coefficient (Wildman–Crippen LogP) is 2.30. The molecule has 2 rings (SSSR count). The number of furan rings is 1. The van der Waals surface area contributed by atoms with E-state index in [1.165, 1.54) is 12.1 Å². The molecule has 0 spiro atoms. The fourth-order valence-electron chi connectivity index (χ4n) is 1.56. The number of rotatable bonds is 4. The highest BCUT2D eigenvalue weighted by Gasteiger charge is 2.11. The van der Waals surface area contributed by atoms with Crippen molar-refractivity contribution >= 4 is 5.78 Å². The van der Waals surface area contributed by atoms with Crippen molar-refractivity contribution in [3.63, 3.8) is 0 Å². The number of carbonyl (C=O) groups is 1. The van der Waals surface area contributed by atoms with E-state index in [0.717, 1.165) is 0 Å². The lowest BCUT2D eigenvalue weighted by Gasteiger charge is -1.99. The number of Topliss-reactive ketones (excluding diaryl/α,β-unsaturated/α-hetero) is 1. The predicted molar refractivity (Wildman–Crippen MR) is 61.0 cm³/mol. The average molecular weight is 233 g/mol. The summed E-state index contributed by atoms with van der Waals surface area (Å²) in [6.07, 6.45) is 0.120. The van der Waals surface area contributed by atoms with Gasteiger partial charge in [0.25, 0.3) is 0 Å². The molecule has 0 aliphatic carbocycles. The van der Waals surface area contributed by atoms with Gasteiger partial charge in [0.05, 0.1) is 6.54 Å². The maximum atomic E-state index is 12.9. The fourth-order valence-corrected chi connectivity index (χ4v) is 1.56. The molecule has 0 aliphatic rings. The van der Waals surface area contributed by atoms with Crippen LogP contribution >= 0.6 is 0 Å². The quantitative estimate of drug-likeness (QED) is 0.824. The molecule has 1 aromatic heterocycles. The van der Waals surface area contributed by atoms with Gasteiger partial charge in [-0.3, -0.25) is 4.79 Å². The van der Waals surface area contributed by atoms with Gasteiger partial charge in [-0.2, -0.15) is 0 Å². The van der Waals surface area contributed by atoms with E-state index in [-0.39, 0.29) is 30.3 Å². The van der Waals surface area contributed by atoms with Crippen LogP contribution in [0.15, 0.2) is 40.8 Å². The average Bonchev–Trinajstić information content (AvgIpc) is 2.77. The maximum Gasteiger partial charge on any atom is 0.202 e. The van der Waals surface area contributed by atoms with Crippen molar-refractivity contribution in [2.75, 3.05) is 0 Å². The third-order valence-electron chi connectivity index (χ3n) is 2.39. The third-order valence-corrected chi connectivity index (χ3v) is 2.39. The van der Waals surface area contributed by atoms with Crippen LogP contribution in [-0.4, -0.2) is 5.78 Å². The Bertz CT molecular complexity index is 534. The third kappa shape index (κ3) is 2.79. The van der Waals surface area contributed by atoms with Gasteiger partial charge in [0.1, 0.15) is 11.6 Å². The summed E-state index contributed by atoms with van der Waals surface area (Å²) in [5.74, 6) is 0.287. The van der Waals surface area contributed by atoms with Gasteiger partial charge in [-0.05, 0) is 29.8 Å². The molecular weight excluding hydrogens is 221 g/mol. The van der Waals surface area contributed by atoms with Gasteiger partial charge < -0.3 is 10.2 Å². The molecule has 0 bridgehead atoms. The Morgan fingerprint density at radius 1 is 1.29 bits per heavy atom. The zero-order valence-corrected chi connectivity index (χ0v) is 9.15. The van der Waals surface area contributed by atoms with Gasteiger partial charge in [-0.15, -0.1) is 0 Å². The molecule has 0 saturated carbocycles. The van der Waals surface area contributed by atoms with Crippen molar-refractivity contribution in [2.24, 2.45) is 5.73 Å². The SMILES string of the molecule is NCc1ccc(C(=O)Cc2cccc(F)c2)o1. The Kier molecular flexibility index (Phi) is 3.35. The van der Waals surface area contributed by atoms with Gasteiger partial charge in [0.15, 0.2) is 5.76 Å². The minimum Gasteiger partial charge on any atom is -0.457 e. The van der Waals surface area contributed by atoms with E-state index < -0.39 is 0 Å². The summed E-state index contributed by atoms with van der Waals surface area (Å²) in [7, 11) is 0. The zero-order chi connectivity index (χ0) is 12.3. The maximum absolute atomic E-state index is 12.9. The standard InChI is InChI=1S/C13H12FNO2/c14-10-3-1-2-9(6-10)7-12(16)13-5-4-11(8-15)17-13/h1-6H,7-8,15H2. The number of benzene rings is 1. The van der Waals surface area contributed by atoms with Crippen molar-refractivity contribution in [1.29, 1.82) is 0 Å². The number of halogens is 1. The molecule has 0 fully saturated rings. The van der Waals surface area contributed by atoms with E-state index in [0.29, 0.717) is 11.3 Å². The molecule has 88 valence electrons. The fraction of sp³-hybridized carbons (Fsp3) is 0.154. The van der Waals surface area contributed by atoms with Crippen LogP contribution in [0.25, 0.3) is 0 Å². The van der Waals surface area contributed by atoms with Crippen molar-refractivity contribution in [3.8, 4) is 0 Å². The number of hydrogen-bond donors (Lipinski definition) is 1. The van der Waals surface area contributed by atoms with Gasteiger partial charge in [0.2, 0.25) is 5.78 Å². The Labute approximate surface area is 98.0 Å². The van der Waals surface area contributed by atoms with Crippen molar-refractivity contribution in [3.05, 3.63) is 59.3 Å². The highest BCUT2D eigenvalue weighted by atomic mass is 19.1. The van der Waals surface area contributed by atoms with Crippen molar-refractivity contribution in [1.82, 2.24) is 0 Å². The molecule has 0 unspecified atom stereocenters. The first-order valence-corrected chi connectivity index (χ1v) is 5.25. The smallest absolute Gasteiger partial charge is 0.202 e. The Morgan fingerprint density at radius 2 is 2.12 bits per heavy atom. The molecule has 4 heteroatoms. The second-order valence-electron chi connectivity index (χ2n) is 3.70. The highest BCUT2D eigenvalue weighted by molar-refractivity contribution is 5.95. The van der Waals surface area contributed by atoms with Gasteiger partial charge in [-0.1, -0.05) is 12.1 Å². The molecule has 2 aromatic rings. The Hall–Kier alpha value is -1.94. The van der Waals surface area contributed by atoms with E-state index in [2.05, 4.69) is 0 Å². The van der Waals surface area contributed by atoms with Gasteiger partial charge >= 0.3 is 0 Å². The van der Waals surface area contributed by atoms with E-state index in [1.807, 2.05) is 0 Å². The number of nitrogens with two attached hydrogens (primary N) is 1. The second kappa shape index (κ2) is 4.93.